The van der Waals surface area contributed by atoms with Crippen molar-refractivity contribution in [2.75, 3.05) is 36.8 Å². The SMILES string of the molecule is CC(C)(C)C(=O)NC1CNC1.Cc1csc2c(C(=O)N3CC(NC(=O)C(C)(C)C)C3)nc(N[C@@H](C)c3ccccn3)nc12.Cc1csc2c(C(=O)O)nc(N[C@@H](C)c3ccccn3)nc12. The lowest BCUT2D eigenvalue weighted by Crippen LogP contribution is -2.62. The van der Waals surface area contributed by atoms with Gasteiger partial charge in [-0.25, -0.2) is 24.7 Å². The lowest BCUT2D eigenvalue weighted by atomic mass is 9.94. The molecule has 0 aromatic carbocycles. The Hall–Kier alpha value is -6.18. The third-order valence-electron chi connectivity index (χ3n) is 10.5. The number of aromatic nitrogens is 6. The lowest BCUT2D eigenvalue weighted by molar-refractivity contribution is -0.130. The topological polar surface area (TPSA) is 229 Å². The van der Waals surface area contributed by atoms with Crippen LogP contribution in [0.3, 0.4) is 0 Å². The van der Waals surface area contributed by atoms with Gasteiger partial charge in [0.1, 0.15) is 0 Å². The number of likely N-dealkylation sites (tertiary alicyclic amines) is 1. The molecule has 0 radical (unpaired) electrons. The molecule has 19 heteroatoms. The molecule has 6 aromatic heterocycles. The number of nitrogens with zero attached hydrogens (tertiary/aromatic N) is 7. The molecule has 2 aliphatic heterocycles. The Morgan fingerprint density at radius 1 is 0.692 bits per heavy atom. The number of hydrogen-bond donors (Lipinski definition) is 6. The van der Waals surface area contributed by atoms with Crippen LogP contribution in [0.5, 0.6) is 0 Å². The minimum Gasteiger partial charge on any atom is -0.476 e. The second-order valence-electron chi connectivity index (χ2n) is 18.2. The molecule has 6 aromatic rings. The van der Waals surface area contributed by atoms with Gasteiger partial charge in [0.2, 0.25) is 23.7 Å². The molecule has 6 N–H and O–H groups in total. The van der Waals surface area contributed by atoms with E-state index >= 15 is 0 Å². The normalized spacial score (nSPS) is 15.0. The molecule has 344 valence electrons. The third kappa shape index (κ3) is 12.1. The number of carbonyl (C=O) groups excluding carboxylic acids is 3. The van der Waals surface area contributed by atoms with Gasteiger partial charge in [0.05, 0.1) is 56.0 Å². The summed E-state index contributed by atoms with van der Waals surface area (Å²) >= 11 is 2.82. The number of amides is 3. The largest absolute Gasteiger partial charge is 0.476 e. The van der Waals surface area contributed by atoms with Crippen molar-refractivity contribution >= 4 is 78.7 Å². The number of thiophene rings is 2. The number of aromatic carboxylic acids is 1. The van der Waals surface area contributed by atoms with E-state index in [0.29, 0.717) is 46.9 Å². The second kappa shape index (κ2) is 20.3. The molecule has 17 nitrogen and oxygen atoms in total. The van der Waals surface area contributed by atoms with E-state index in [9.17, 15) is 24.3 Å². The van der Waals surface area contributed by atoms with E-state index in [2.05, 4.69) is 56.5 Å². The van der Waals surface area contributed by atoms with E-state index in [1.807, 2.05) is 116 Å². The van der Waals surface area contributed by atoms with Gasteiger partial charge >= 0.3 is 5.97 Å². The molecule has 2 saturated heterocycles. The van der Waals surface area contributed by atoms with Gasteiger partial charge in [-0.3, -0.25) is 24.4 Å². The fraction of sp³-hybridized carbons (Fsp3) is 0.435. The van der Waals surface area contributed by atoms with Gasteiger partial charge in [-0.05, 0) is 73.8 Å². The molecule has 2 aliphatic rings. The van der Waals surface area contributed by atoms with Crippen LogP contribution in [0.15, 0.2) is 59.6 Å². The molecule has 8 heterocycles. The highest BCUT2D eigenvalue weighted by molar-refractivity contribution is 7.18. The minimum absolute atomic E-state index is 0.0112. The first-order chi connectivity index (χ1) is 30.7. The molecular weight excluding hydrogens is 865 g/mol. The van der Waals surface area contributed by atoms with E-state index in [1.54, 1.807) is 17.3 Å². The summed E-state index contributed by atoms with van der Waals surface area (Å²) in [5, 5.41) is 28.7. The van der Waals surface area contributed by atoms with Gasteiger partial charge in [-0.15, -0.1) is 22.7 Å². The number of hydrogen-bond acceptors (Lipinski definition) is 15. The highest BCUT2D eigenvalue weighted by atomic mass is 32.1. The molecule has 0 aliphatic carbocycles. The Balaban J connectivity index is 0.000000182. The van der Waals surface area contributed by atoms with E-state index < -0.39 is 11.4 Å². The van der Waals surface area contributed by atoms with Crippen LogP contribution >= 0.6 is 22.7 Å². The number of rotatable bonds is 10. The van der Waals surface area contributed by atoms with Gasteiger partial charge in [0, 0.05) is 49.4 Å². The van der Waals surface area contributed by atoms with Crippen molar-refractivity contribution in [1.82, 2.24) is 50.8 Å². The van der Waals surface area contributed by atoms with Crippen molar-refractivity contribution in [3.63, 3.8) is 0 Å². The van der Waals surface area contributed by atoms with Gasteiger partial charge in [0.15, 0.2) is 11.4 Å². The number of carboxylic acids is 1. The average Bonchev–Trinajstić information content (AvgIpc) is 3.80. The summed E-state index contributed by atoms with van der Waals surface area (Å²) in [7, 11) is 0. The maximum absolute atomic E-state index is 13.3. The summed E-state index contributed by atoms with van der Waals surface area (Å²) in [5.74, 6) is -0.369. The van der Waals surface area contributed by atoms with Crippen molar-refractivity contribution < 1.29 is 24.3 Å². The number of carbonyl (C=O) groups is 4. The monoisotopic (exact) mass is 922 g/mol. The summed E-state index contributed by atoms with van der Waals surface area (Å²) in [6.07, 6.45) is 3.46. The Kier molecular flexibility index (Phi) is 15.1. The fourth-order valence-electron chi connectivity index (χ4n) is 6.36. The Labute approximate surface area is 386 Å². The molecule has 0 spiro atoms. The first-order valence-electron chi connectivity index (χ1n) is 21.4. The van der Waals surface area contributed by atoms with Crippen molar-refractivity contribution in [2.45, 2.75) is 93.4 Å². The molecule has 8 rings (SSSR count). The first kappa shape index (κ1) is 48.3. The standard InChI is InChI=1S/C23H28N6O2S.C15H14N4O2S.C8H16N2O/c1-13-12-32-19-17(13)27-22(25-14(2)16-8-6-7-9-24-16)28-18(19)20(30)29-10-15(11-29)26-21(31)23(3,4)5;1-8-7-22-13-11(8)18-15(19-12(13)14(20)21)17-9(2)10-5-3-4-6-16-10;1-8(2,3)7(11)10-6-4-9-5-6/h6-9,12,14-15H,10-11H2,1-5H3,(H,26,31)(H,25,27,28);3-7,9H,1-2H3,(H,20,21)(H,17,18,19);6,9H,4-5H2,1-3H3,(H,10,11)/t14-;9-;/m00./s1. The summed E-state index contributed by atoms with van der Waals surface area (Å²) in [6.45, 7) is 22.0. The summed E-state index contributed by atoms with van der Waals surface area (Å²) in [5.41, 5.74) is 4.82. The van der Waals surface area contributed by atoms with Crippen LogP contribution in [0, 0.1) is 24.7 Å². The number of carboxylic acid groups (broad SMARTS) is 1. The molecular formula is C46H58N12O5S2. The van der Waals surface area contributed by atoms with Crippen LogP contribution in [0.4, 0.5) is 11.9 Å². The zero-order valence-corrected chi connectivity index (χ0v) is 40.1. The average molecular weight is 923 g/mol. The van der Waals surface area contributed by atoms with E-state index in [0.717, 1.165) is 45.8 Å². The Bertz CT molecular complexity index is 2630. The number of pyridine rings is 2. The number of aryl methyl sites for hydroxylation is 2. The predicted octanol–water partition coefficient (Wildman–Crippen LogP) is 6.94. The highest BCUT2D eigenvalue weighted by Crippen LogP contribution is 2.31. The Morgan fingerprint density at radius 2 is 1.14 bits per heavy atom. The highest BCUT2D eigenvalue weighted by Gasteiger charge is 2.36. The quantitative estimate of drug-likeness (QED) is 0.0818. The van der Waals surface area contributed by atoms with E-state index in [-0.39, 0.29) is 47.0 Å². The second-order valence-corrected chi connectivity index (χ2v) is 20.0. The van der Waals surface area contributed by atoms with Crippen molar-refractivity contribution in [3.8, 4) is 0 Å². The number of fused-ring (bicyclic) bond motifs is 2. The third-order valence-corrected chi connectivity index (χ3v) is 12.7. The van der Waals surface area contributed by atoms with Crippen molar-refractivity contribution in [1.29, 1.82) is 0 Å². The smallest absolute Gasteiger partial charge is 0.356 e. The van der Waals surface area contributed by atoms with Crippen LogP contribution in [-0.4, -0.2) is 102 Å². The molecule has 2 atom stereocenters. The predicted molar refractivity (Wildman–Crippen MR) is 255 cm³/mol. The van der Waals surface area contributed by atoms with Crippen LogP contribution < -0.4 is 26.6 Å². The summed E-state index contributed by atoms with van der Waals surface area (Å²) < 4.78 is 1.38. The maximum atomic E-state index is 13.3. The fourth-order valence-corrected chi connectivity index (χ4v) is 8.30. The lowest BCUT2D eigenvalue weighted by Gasteiger charge is -2.40. The number of nitrogens with one attached hydrogen (secondary N) is 5. The van der Waals surface area contributed by atoms with E-state index in [1.165, 1.54) is 22.7 Å². The van der Waals surface area contributed by atoms with Gasteiger partial charge in [-0.1, -0.05) is 53.7 Å². The van der Waals surface area contributed by atoms with Crippen LogP contribution in [0.25, 0.3) is 20.4 Å². The van der Waals surface area contributed by atoms with Crippen LogP contribution in [0.1, 0.15) is 111 Å². The zero-order valence-electron chi connectivity index (χ0n) is 38.4. The first-order valence-corrected chi connectivity index (χ1v) is 23.2. The van der Waals surface area contributed by atoms with Crippen LogP contribution in [-0.2, 0) is 9.59 Å². The molecule has 0 bridgehead atoms. The molecule has 0 saturated carbocycles. The van der Waals surface area contributed by atoms with E-state index in [4.69, 9.17) is 0 Å². The van der Waals surface area contributed by atoms with Gasteiger partial charge < -0.3 is 36.6 Å². The molecule has 2 fully saturated rings. The van der Waals surface area contributed by atoms with Gasteiger partial charge in [-0.2, -0.15) is 0 Å². The van der Waals surface area contributed by atoms with Crippen LogP contribution in [0.2, 0.25) is 0 Å². The molecule has 3 amide bonds. The number of anilines is 2. The van der Waals surface area contributed by atoms with Crippen molar-refractivity contribution in [2.24, 2.45) is 10.8 Å². The summed E-state index contributed by atoms with van der Waals surface area (Å²) in [6, 6.07) is 11.5. The maximum Gasteiger partial charge on any atom is 0.356 e. The molecule has 65 heavy (non-hydrogen) atoms. The molecule has 0 unspecified atom stereocenters. The Morgan fingerprint density at radius 3 is 1.54 bits per heavy atom. The zero-order chi connectivity index (χ0) is 47.2. The summed E-state index contributed by atoms with van der Waals surface area (Å²) in [4.78, 5) is 76.4. The van der Waals surface area contributed by atoms with Gasteiger partial charge in [0.25, 0.3) is 5.91 Å². The minimum atomic E-state index is -1.05. The van der Waals surface area contributed by atoms with Crippen molar-refractivity contribution in [3.05, 3.63) is 93.5 Å².